The Labute approximate surface area is 144 Å². The molecule has 0 saturated heterocycles. The molecule has 0 N–H and O–H groups in total. The Kier molecular flexibility index (Phi) is 5.67. The molecule has 0 amide bonds. The molecule has 25 heavy (non-hydrogen) atoms. The van der Waals surface area contributed by atoms with E-state index in [1.165, 1.54) is 19.4 Å². The maximum atomic E-state index is 12.4. The zero-order chi connectivity index (χ0) is 18.6. The molecule has 2 aromatic rings. The molecule has 0 fully saturated rings. The van der Waals surface area contributed by atoms with Crippen molar-refractivity contribution in [2.24, 2.45) is 0 Å². The molecule has 2 aromatic heterocycles. The van der Waals surface area contributed by atoms with Crippen molar-refractivity contribution >= 4 is 0 Å². The molecule has 0 spiro atoms. The first-order valence-corrected chi connectivity index (χ1v) is 7.95. The Morgan fingerprint density at radius 1 is 1.28 bits per heavy atom. The number of imidazole rings is 1. The number of halogens is 3. The molecule has 5 nitrogen and oxygen atoms in total. The minimum Gasteiger partial charge on any atom is -0.493 e. The second kappa shape index (κ2) is 7.55. The van der Waals surface area contributed by atoms with Gasteiger partial charge in [0.05, 0.1) is 12.8 Å². The van der Waals surface area contributed by atoms with Gasteiger partial charge in [0.2, 0.25) is 0 Å². The summed E-state index contributed by atoms with van der Waals surface area (Å²) in [5, 5.41) is 9.49. The number of nitriles is 1. The van der Waals surface area contributed by atoms with E-state index in [1.54, 1.807) is 4.57 Å². The van der Waals surface area contributed by atoms with E-state index < -0.39 is 12.6 Å². The summed E-state index contributed by atoms with van der Waals surface area (Å²) in [6, 6.07) is 3.66. The van der Waals surface area contributed by atoms with Crippen molar-refractivity contribution in [1.82, 2.24) is 14.5 Å². The van der Waals surface area contributed by atoms with Crippen molar-refractivity contribution in [3.05, 3.63) is 35.0 Å². The van der Waals surface area contributed by atoms with Gasteiger partial charge in [0, 0.05) is 19.0 Å². The zero-order valence-corrected chi connectivity index (χ0v) is 14.3. The fraction of sp³-hybridized carbons (Fsp3) is 0.471. The highest BCUT2D eigenvalue weighted by Gasteiger charge is 2.27. The normalized spacial score (nSPS) is 11.4. The predicted octanol–water partition coefficient (Wildman–Crippen LogP) is 3.77. The maximum Gasteiger partial charge on any atom is 0.389 e. The summed E-state index contributed by atoms with van der Waals surface area (Å²) < 4.78 is 44.1. The Morgan fingerprint density at radius 3 is 2.52 bits per heavy atom. The number of hydrogen-bond donors (Lipinski definition) is 0. The number of rotatable bonds is 6. The first kappa shape index (κ1) is 18.8. The molecule has 8 heteroatoms. The lowest BCUT2D eigenvalue weighted by molar-refractivity contribution is -0.134. The van der Waals surface area contributed by atoms with Crippen LogP contribution in [0.2, 0.25) is 0 Å². The van der Waals surface area contributed by atoms with Crippen molar-refractivity contribution < 1.29 is 17.9 Å². The Hall–Kier alpha value is -2.56. The van der Waals surface area contributed by atoms with Gasteiger partial charge < -0.3 is 4.74 Å². The van der Waals surface area contributed by atoms with Gasteiger partial charge in [-0.25, -0.2) is 9.97 Å². The van der Waals surface area contributed by atoms with E-state index >= 15 is 0 Å². The van der Waals surface area contributed by atoms with E-state index in [0.717, 1.165) is 0 Å². The van der Waals surface area contributed by atoms with Crippen molar-refractivity contribution in [2.75, 3.05) is 7.11 Å². The summed E-state index contributed by atoms with van der Waals surface area (Å²) in [7, 11) is 1.42. The summed E-state index contributed by atoms with van der Waals surface area (Å²) in [6.07, 6.45) is -2.77. The van der Waals surface area contributed by atoms with Crippen LogP contribution in [0, 0.1) is 11.3 Å². The molecule has 0 atom stereocenters. The van der Waals surface area contributed by atoms with Gasteiger partial charge in [-0.3, -0.25) is 4.57 Å². The number of methoxy groups -OCH3 is 1. The first-order chi connectivity index (χ1) is 11.8. The summed E-state index contributed by atoms with van der Waals surface area (Å²) in [5.74, 6) is 1.33. The van der Waals surface area contributed by atoms with E-state index in [1.807, 2.05) is 13.8 Å². The SMILES string of the molecule is CCc1nc(CC)n(-c2ncc(CCC(F)(F)F)cc2OC)c1C#N. The molecular formula is C17H19F3N4O. The Bertz CT molecular complexity index is 790. The second-order valence-electron chi connectivity index (χ2n) is 5.46. The topological polar surface area (TPSA) is 63.7 Å². The van der Waals surface area contributed by atoms with Crippen LogP contribution in [0.15, 0.2) is 12.3 Å². The van der Waals surface area contributed by atoms with Gasteiger partial charge in [-0.1, -0.05) is 13.8 Å². The fourth-order valence-electron chi connectivity index (χ4n) is 2.56. The molecular weight excluding hydrogens is 333 g/mol. The van der Waals surface area contributed by atoms with E-state index in [0.29, 0.717) is 47.2 Å². The van der Waals surface area contributed by atoms with Gasteiger partial charge in [0.25, 0.3) is 0 Å². The molecule has 0 bridgehead atoms. The third-order valence-electron chi connectivity index (χ3n) is 3.79. The summed E-state index contributed by atoms with van der Waals surface area (Å²) in [4.78, 5) is 8.72. The number of hydrogen-bond acceptors (Lipinski definition) is 4. The first-order valence-electron chi connectivity index (χ1n) is 7.95. The van der Waals surface area contributed by atoms with Crippen LogP contribution in [0.5, 0.6) is 5.75 Å². The van der Waals surface area contributed by atoms with Crippen LogP contribution in [-0.4, -0.2) is 27.8 Å². The minimum atomic E-state index is -4.23. The van der Waals surface area contributed by atoms with Gasteiger partial charge in [-0.2, -0.15) is 18.4 Å². The third-order valence-corrected chi connectivity index (χ3v) is 3.79. The average Bonchev–Trinajstić information content (AvgIpc) is 2.96. The van der Waals surface area contributed by atoms with E-state index in [2.05, 4.69) is 16.0 Å². The van der Waals surface area contributed by atoms with Crippen molar-refractivity contribution in [3.63, 3.8) is 0 Å². The van der Waals surface area contributed by atoms with Crippen LogP contribution >= 0.6 is 0 Å². The molecule has 2 rings (SSSR count). The third kappa shape index (κ3) is 4.10. The van der Waals surface area contributed by atoms with Gasteiger partial charge in [0.15, 0.2) is 11.6 Å². The van der Waals surface area contributed by atoms with E-state index in [9.17, 15) is 18.4 Å². The van der Waals surface area contributed by atoms with E-state index in [-0.39, 0.29) is 6.42 Å². The smallest absolute Gasteiger partial charge is 0.389 e. The number of aromatic nitrogens is 3. The Morgan fingerprint density at radius 2 is 2.00 bits per heavy atom. The average molecular weight is 352 g/mol. The van der Waals surface area contributed by atoms with Crippen molar-refractivity contribution in [3.8, 4) is 17.6 Å². The largest absolute Gasteiger partial charge is 0.493 e. The number of pyridine rings is 1. The zero-order valence-electron chi connectivity index (χ0n) is 14.3. The fourth-order valence-corrected chi connectivity index (χ4v) is 2.56. The quantitative estimate of drug-likeness (QED) is 0.794. The lowest BCUT2D eigenvalue weighted by atomic mass is 10.1. The van der Waals surface area contributed by atoms with Gasteiger partial charge >= 0.3 is 6.18 Å². The van der Waals surface area contributed by atoms with Crippen LogP contribution in [0.25, 0.3) is 5.82 Å². The minimum absolute atomic E-state index is 0.178. The monoisotopic (exact) mass is 352 g/mol. The number of alkyl halides is 3. The number of nitrogens with zero attached hydrogens (tertiary/aromatic N) is 4. The summed E-state index contributed by atoms with van der Waals surface area (Å²) in [5.41, 5.74) is 1.45. The Balaban J connectivity index is 2.50. The highest BCUT2D eigenvalue weighted by molar-refractivity contribution is 5.48. The standard InChI is InChI=1S/C17H19F3N4O/c1-4-12-13(9-21)24(15(5-2)23-12)16-14(25-3)8-11(10-22-16)6-7-17(18,19)20/h8,10H,4-7H2,1-3H3. The van der Waals surface area contributed by atoms with Crippen molar-refractivity contribution in [2.45, 2.75) is 45.7 Å². The highest BCUT2D eigenvalue weighted by Crippen LogP contribution is 2.28. The van der Waals surface area contributed by atoms with Crippen molar-refractivity contribution in [1.29, 1.82) is 5.26 Å². The highest BCUT2D eigenvalue weighted by atomic mass is 19.4. The van der Waals surface area contributed by atoms with Gasteiger partial charge in [0.1, 0.15) is 17.6 Å². The predicted molar refractivity (Wildman–Crippen MR) is 85.8 cm³/mol. The summed E-state index contributed by atoms with van der Waals surface area (Å²) >= 11 is 0. The molecule has 0 unspecified atom stereocenters. The molecule has 0 radical (unpaired) electrons. The number of ether oxygens (including phenoxy) is 1. The molecule has 0 aliphatic carbocycles. The summed E-state index contributed by atoms with van der Waals surface area (Å²) in [6.45, 7) is 3.81. The van der Waals surface area contributed by atoms with E-state index in [4.69, 9.17) is 4.74 Å². The molecule has 0 saturated carbocycles. The number of aryl methyl sites for hydroxylation is 3. The van der Waals surface area contributed by atoms with Crippen LogP contribution in [-0.2, 0) is 19.3 Å². The molecule has 0 aromatic carbocycles. The van der Waals surface area contributed by atoms with Crippen LogP contribution in [0.4, 0.5) is 13.2 Å². The maximum absolute atomic E-state index is 12.4. The molecule has 2 heterocycles. The lowest BCUT2D eigenvalue weighted by Crippen LogP contribution is -2.10. The van der Waals surface area contributed by atoms with Crippen LogP contribution in [0.3, 0.4) is 0 Å². The lowest BCUT2D eigenvalue weighted by Gasteiger charge is -2.13. The molecule has 0 aliphatic rings. The molecule has 134 valence electrons. The van der Waals surface area contributed by atoms with Crippen LogP contribution < -0.4 is 4.74 Å². The molecule has 0 aliphatic heterocycles. The second-order valence-corrected chi connectivity index (χ2v) is 5.46. The van der Waals surface area contributed by atoms with Gasteiger partial charge in [-0.15, -0.1) is 0 Å². The van der Waals surface area contributed by atoms with Gasteiger partial charge in [-0.05, 0) is 24.5 Å². The van der Waals surface area contributed by atoms with Crippen LogP contribution in [0.1, 0.15) is 43.0 Å².